The molecule has 12 nitrogen and oxygen atoms in total. The van der Waals surface area contributed by atoms with Gasteiger partial charge in [0.05, 0.1) is 11.7 Å². The van der Waals surface area contributed by atoms with Crippen LogP contribution in [0.5, 0.6) is 0 Å². The van der Waals surface area contributed by atoms with E-state index in [-0.39, 0.29) is 18.1 Å². The second kappa shape index (κ2) is 7.32. The van der Waals surface area contributed by atoms with Gasteiger partial charge in [-0.25, -0.2) is 4.99 Å². The number of hydrogen-bond donors (Lipinski definition) is 3. The Hall–Kier alpha value is -3.51. The van der Waals surface area contributed by atoms with Crippen molar-refractivity contribution < 1.29 is 28.9 Å². The van der Waals surface area contributed by atoms with E-state index in [1.165, 1.54) is 37.7 Å². The zero-order valence-corrected chi connectivity index (χ0v) is 17.0. The number of aliphatic hydroxyl groups is 1. The van der Waals surface area contributed by atoms with Crippen LogP contribution in [0.1, 0.15) is 27.0 Å². The van der Waals surface area contributed by atoms with Crippen molar-refractivity contribution in [2.24, 2.45) is 4.99 Å². The van der Waals surface area contributed by atoms with E-state index >= 15 is 0 Å². The van der Waals surface area contributed by atoms with Crippen LogP contribution in [0.15, 0.2) is 22.1 Å². The number of ether oxygens (including phenoxy) is 3. The Morgan fingerprint density at radius 2 is 2.13 bits per heavy atom. The van der Waals surface area contributed by atoms with Crippen molar-refractivity contribution in [2.75, 3.05) is 17.7 Å². The molecule has 0 bridgehead atoms. The van der Waals surface area contributed by atoms with Crippen molar-refractivity contribution >= 4 is 46.4 Å². The minimum atomic E-state index is -1.73. The fourth-order valence-corrected chi connectivity index (χ4v) is 3.88. The van der Waals surface area contributed by atoms with Crippen molar-refractivity contribution in [1.82, 2.24) is 9.55 Å². The topological polar surface area (TPSA) is 167 Å². The average Bonchev–Trinajstić information content (AvgIpc) is 3.12. The molecule has 4 atom stereocenters. The molecule has 1 unspecified atom stereocenters. The molecule has 4 heterocycles. The molecule has 0 spiro atoms. The molecule has 2 aromatic rings. The number of rotatable bonds is 4. The van der Waals surface area contributed by atoms with Gasteiger partial charge in [0, 0.05) is 37.2 Å². The van der Waals surface area contributed by atoms with Gasteiger partial charge in [0.15, 0.2) is 12.3 Å². The van der Waals surface area contributed by atoms with Crippen LogP contribution in [0.3, 0.4) is 0 Å². The normalized spacial score (nSPS) is 26.5. The number of carbonyl (C=O) groups is 2. The summed E-state index contributed by atoms with van der Waals surface area (Å²) < 4.78 is 17.9. The van der Waals surface area contributed by atoms with Crippen LogP contribution in [0.25, 0.3) is 10.8 Å². The molecule has 164 valence electrons. The number of aliphatic imine (C=N–C) groups is 1. The third-order valence-corrected chi connectivity index (χ3v) is 5.16. The summed E-state index contributed by atoms with van der Waals surface area (Å²) in [4.78, 5) is 43.1. The van der Waals surface area contributed by atoms with E-state index in [9.17, 15) is 19.5 Å². The predicted octanol–water partition coefficient (Wildman–Crippen LogP) is 0.207. The molecule has 0 amide bonds. The largest absolute Gasteiger partial charge is 0.463 e. The number of hydrogen-bond acceptors (Lipinski definition) is 11. The van der Waals surface area contributed by atoms with Crippen molar-refractivity contribution in [3.63, 3.8) is 0 Å². The highest BCUT2D eigenvalue weighted by molar-refractivity contribution is 6.10. The Kier molecular flexibility index (Phi) is 4.90. The first-order chi connectivity index (χ1) is 14.6. The van der Waals surface area contributed by atoms with Gasteiger partial charge in [-0.3, -0.25) is 14.4 Å². The number of nitrogens with two attached hydrogens (primary N) is 1. The molecule has 4 rings (SSSR count). The fourth-order valence-electron chi connectivity index (χ4n) is 3.88. The lowest BCUT2D eigenvalue weighted by molar-refractivity contribution is -0.162. The van der Waals surface area contributed by atoms with Gasteiger partial charge < -0.3 is 34.9 Å². The van der Waals surface area contributed by atoms with Gasteiger partial charge >= 0.3 is 11.9 Å². The summed E-state index contributed by atoms with van der Waals surface area (Å²) in [5.74, 6) is -0.589. The van der Waals surface area contributed by atoms with E-state index in [0.717, 1.165) is 0 Å². The van der Waals surface area contributed by atoms with Crippen molar-refractivity contribution in [3.05, 3.63) is 22.6 Å². The minimum absolute atomic E-state index is 0.170. The van der Waals surface area contributed by atoms with E-state index < -0.39 is 41.5 Å². The molecular formula is C19H21N5O7. The van der Waals surface area contributed by atoms with Gasteiger partial charge in [0.2, 0.25) is 0 Å². The number of nitrogens with one attached hydrogen (secondary N) is 1. The molecule has 0 radical (unpaired) electrons. The molecule has 2 aliphatic rings. The van der Waals surface area contributed by atoms with E-state index in [4.69, 9.17) is 19.9 Å². The molecule has 4 N–H and O–H groups in total. The molecule has 0 aromatic carbocycles. The van der Waals surface area contributed by atoms with Crippen LogP contribution in [0.2, 0.25) is 0 Å². The molecule has 31 heavy (non-hydrogen) atoms. The quantitative estimate of drug-likeness (QED) is 0.569. The standard InChI is InChI=1S/C19H21N5O7/c1-8(25)29-6-12-15(30-9(2)26)19(3,28)18(31-12)24-5-10-11(20)4-13(27)23-16-14(10)17(24)22-7-21-16/h4-5,7,12,15,18,28H,6,20H2,1-3H3,(H,21,22,23,27)/t12?,15-,18-,19+/m1/s1. The Morgan fingerprint density at radius 3 is 2.81 bits per heavy atom. The molecule has 1 saturated heterocycles. The van der Waals surface area contributed by atoms with Gasteiger partial charge in [0.25, 0.3) is 5.56 Å². The summed E-state index contributed by atoms with van der Waals surface area (Å²) in [6.07, 6.45) is -0.223. The highest BCUT2D eigenvalue weighted by atomic mass is 16.6. The van der Waals surface area contributed by atoms with Crippen LogP contribution >= 0.6 is 0 Å². The second-order valence-corrected chi connectivity index (χ2v) is 7.53. The molecule has 12 heteroatoms. The SMILES string of the molecule is CC(=O)OCC1O[C@@H](n2cc3c(N)cc(=O)nc4c3c2N=CN4)[C@@](C)(O)[C@@H]1OC(C)=O. The summed E-state index contributed by atoms with van der Waals surface area (Å²) in [5.41, 5.74) is 3.99. The third-order valence-electron chi connectivity index (χ3n) is 5.16. The maximum atomic E-state index is 11.9. The van der Waals surface area contributed by atoms with Crippen molar-refractivity contribution in [2.45, 2.75) is 44.8 Å². The van der Waals surface area contributed by atoms with Crippen LogP contribution in [-0.2, 0) is 23.8 Å². The fraction of sp³-hybridized carbons (Fsp3) is 0.421. The first-order valence-electron chi connectivity index (χ1n) is 9.42. The number of esters is 2. The highest BCUT2D eigenvalue weighted by Gasteiger charge is 2.56. The Morgan fingerprint density at radius 1 is 1.39 bits per heavy atom. The Labute approximate surface area is 175 Å². The summed E-state index contributed by atoms with van der Waals surface area (Å²) in [7, 11) is 0. The summed E-state index contributed by atoms with van der Waals surface area (Å²) in [6, 6.07) is 1.19. The van der Waals surface area contributed by atoms with E-state index in [0.29, 0.717) is 16.6 Å². The van der Waals surface area contributed by atoms with E-state index in [2.05, 4.69) is 15.3 Å². The van der Waals surface area contributed by atoms with Gasteiger partial charge in [-0.05, 0) is 6.92 Å². The lowest BCUT2D eigenvalue weighted by atomic mass is 9.96. The summed E-state index contributed by atoms with van der Waals surface area (Å²) in [6.45, 7) is 3.65. The maximum absolute atomic E-state index is 11.9. The highest BCUT2D eigenvalue weighted by Crippen LogP contribution is 2.46. The Balaban J connectivity index is 1.85. The second-order valence-electron chi connectivity index (χ2n) is 7.53. The number of nitrogens with zero attached hydrogens (tertiary/aromatic N) is 3. The monoisotopic (exact) mass is 431 g/mol. The molecule has 1 fully saturated rings. The minimum Gasteiger partial charge on any atom is -0.463 e. The maximum Gasteiger partial charge on any atom is 0.303 e. The lowest BCUT2D eigenvalue weighted by Gasteiger charge is -2.30. The lowest BCUT2D eigenvalue weighted by Crippen LogP contribution is -2.47. The van der Waals surface area contributed by atoms with Gasteiger partial charge in [-0.2, -0.15) is 4.98 Å². The van der Waals surface area contributed by atoms with Crippen LogP contribution in [0.4, 0.5) is 17.3 Å². The molecule has 2 aromatic heterocycles. The molecule has 0 saturated carbocycles. The average molecular weight is 431 g/mol. The van der Waals surface area contributed by atoms with Gasteiger partial charge in [-0.15, -0.1) is 0 Å². The molecule has 2 aliphatic heterocycles. The number of carbonyl (C=O) groups excluding carboxylic acids is 2. The zero-order valence-electron chi connectivity index (χ0n) is 17.0. The smallest absolute Gasteiger partial charge is 0.303 e. The van der Waals surface area contributed by atoms with Crippen molar-refractivity contribution in [3.8, 4) is 0 Å². The van der Waals surface area contributed by atoms with Crippen LogP contribution in [0, 0.1) is 0 Å². The first-order valence-corrected chi connectivity index (χ1v) is 9.42. The van der Waals surface area contributed by atoms with Gasteiger partial charge in [0.1, 0.15) is 29.9 Å². The van der Waals surface area contributed by atoms with Crippen LogP contribution < -0.4 is 16.6 Å². The van der Waals surface area contributed by atoms with E-state index in [1.807, 2.05) is 0 Å². The predicted molar refractivity (Wildman–Crippen MR) is 109 cm³/mol. The molecule has 0 aliphatic carbocycles. The summed E-state index contributed by atoms with van der Waals surface area (Å²) in [5, 5.41) is 15.1. The zero-order chi connectivity index (χ0) is 22.5. The number of anilines is 2. The Bertz CT molecular complexity index is 1170. The summed E-state index contributed by atoms with van der Waals surface area (Å²) >= 11 is 0. The van der Waals surface area contributed by atoms with Gasteiger partial charge in [-0.1, -0.05) is 0 Å². The number of nitrogen functional groups attached to an aromatic ring is 1. The van der Waals surface area contributed by atoms with Crippen LogP contribution in [-0.4, -0.2) is 57.4 Å². The van der Waals surface area contributed by atoms with Crippen molar-refractivity contribution in [1.29, 1.82) is 0 Å². The third kappa shape index (κ3) is 3.49. The number of aromatic nitrogens is 2. The first kappa shape index (κ1) is 20.8. The molecular weight excluding hydrogens is 410 g/mol. The van der Waals surface area contributed by atoms with E-state index in [1.54, 1.807) is 6.20 Å².